The molecule has 1 aromatic heterocycles. The Labute approximate surface area is 201 Å². The van der Waals surface area contributed by atoms with E-state index in [0.717, 1.165) is 30.4 Å². The third-order valence-electron chi connectivity index (χ3n) is 6.92. The van der Waals surface area contributed by atoms with Crippen molar-refractivity contribution in [3.05, 3.63) is 51.4 Å². The van der Waals surface area contributed by atoms with Gasteiger partial charge in [-0.15, -0.1) is 11.3 Å². The minimum absolute atomic E-state index is 0.00256. The molecule has 178 valence electrons. The molecule has 0 bridgehead atoms. The molecule has 1 N–H and O–H groups in total. The SMILES string of the molecule is Cc1cccc(C(=O)Nc2sc3c(c2C(=O)N2C[C@@H](C)O[C@H](C)C2)CC[C@H](C(C)(C)C)C3)c1. The summed E-state index contributed by atoms with van der Waals surface area (Å²) in [7, 11) is 0. The van der Waals surface area contributed by atoms with E-state index in [0.29, 0.717) is 35.1 Å². The first-order valence-corrected chi connectivity index (χ1v) is 12.8. The minimum atomic E-state index is -0.164. The molecule has 2 aromatic rings. The molecule has 0 spiro atoms. The van der Waals surface area contributed by atoms with Gasteiger partial charge in [0.2, 0.25) is 0 Å². The Kier molecular flexibility index (Phi) is 6.70. The Balaban J connectivity index is 1.70. The standard InChI is InChI=1S/C27H36N2O3S/c1-16-8-7-9-19(12-16)24(30)28-25-23(26(31)29-14-17(2)32-18(3)15-29)21-11-10-20(27(4,5)6)13-22(21)33-25/h7-9,12,17-18,20H,10-11,13-15H2,1-6H3,(H,28,30)/t17-,18-,20+/m1/s1. The Morgan fingerprint density at radius 2 is 1.85 bits per heavy atom. The van der Waals surface area contributed by atoms with Crippen LogP contribution in [0, 0.1) is 18.3 Å². The summed E-state index contributed by atoms with van der Waals surface area (Å²) in [6.07, 6.45) is 2.91. The predicted octanol–water partition coefficient (Wildman–Crippen LogP) is 5.71. The molecule has 1 fully saturated rings. The molecule has 1 saturated heterocycles. The number of benzene rings is 1. The second-order valence-corrected chi connectivity index (χ2v) is 11.9. The molecule has 1 aliphatic carbocycles. The Morgan fingerprint density at radius 1 is 1.15 bits per heavy atom. The van der Waals surface area contributed by atoms with Gasteiger partial charge in [0.1, 0.15) is 5.00 Å². The molecule has 5 nitrogen and oxygen atoms in total. The van der Waals surface area contributed by atoms with E-state index in [1.54, 1.807) is 11.3 Å². The lowest BCUT2D eigenvalue weighted by molar-refractivity contribution is -0.0586. The monoisotopic (exact) mass is 468 g/mol. The van der Waals surface area contributed by atoms with Crippen molar-refractivity contribution < 1.29 is 14.3 Å². The van der Waals surface area contributed by atoms with E-state index in [1.807, 2.05) is 49.9 Å². The number of hydrogen-bond donors (Lipinski definition) is 1. The number of hydrogen-bond acceptors (Lipinski definition) is 4. The first kappa shape index (κ1) is 24.0. The summed E-state index contributed by atoms with van der Waals surface area (Å²) in [5.41, 5.74) is 3.70. The normalized spacial score (nSPS) is 23.2. The van der Waals surface area contributed by atoms with Crippen molar-refractivity contribution in [2.24, 2.45) is 11.3 Å². The van der Waals surface area contributed by atoms with Crippen molar-refractivity contribution in [1.82, 2.24) is 4.90 Å². The van der Waals surface area contributed by atoms with Crippen LogP contribution in [0.4, 0.5) is 5.00 Å². The number of aryl methyl sites for hydroxylation is 1. The number of thiophene rings is 1. The van der Waals surface area contributed by atoms with Crippen LogP contribution in [0.15, 0.2) is 24.3 Å². The maximum Gasteiger partial charge on any atom is 0.257 e. The molecular weight excluding hydrogens is 432 g/mol. The molecule has 4 rings (SSSR count). The molecule has 2 heterocycles. The molecule has 2 amide bonds. The van der Waals surface area contributed by atoms with Gasteiger partial charge in [-0.25, -0.2) is 0 Å². The lowest BCUT2D eigenvalue weighted by Crippen LogP contribution is -2.48. The van der Waals surface area contributed by atoms with E-state index < -0.39 is 0 Å². The topological polar surface area (TPSA) is 58.6 Å². The Morgan fingerprint density at radius 3 is 2.48 bits per heavy atom. The molecule has 3 atom stereocenters. The van der Waals surface area contributed by atoms with Crippen LogP contribution >= 0.6 is 11.3 Å². The molecule has 33 heavy (non-hydrogen) atoms. The number of nitrogens with one attached hydrogen (secondary N) is 1. The van der Waals surface area contributed by atoms with Gasteiger partial charge in [0.25, 0.3) is 11.8 Å². The molecule has 2 aliphatic rings. The van der Waals surface area contributed by atoms with E-state index in [1.165, 1.54) is 4.88 Å². The van der Waals surface area contributed by atoms with Gasteiger partial charge in [-0.2, -0.15) is 0 Å². The van der Waals surface area contributed by atoms with Crippen LogP contribution < -0.4 is 5.32 Å². The summed E-state index contributed by atoms with van der Waals surface area (Å²) in [5.74, 6) is 0.418. The fourth-order valence-corrected chi connectivity index (χ4v) is 6.42. The first-order valence-electron chi connectivity index (χ1n) is 12.0. The number of ether oxygens (including phenoxy) is 1. The molecular formula is C27H36N2O3S. The van der Waals surface area contributed by atoms with Gasteiger partial charge >= 0.3 is 0 Å². The number of anilines is 1. The number of carbonyl (C=O) groups excluding carboxylic acids is 2. The lowest BCUT2D eigenvalue weighted by atomic mass is 9.72. The number of rotatable bonds is 3. The number of amides is 2. The van der Waals surface area contributed by atoms with Crippen molar-refractivity contribution in [2.45, 2.75) is 73.0 Å². The van der Waals surface area contributed by atoms with Crippen LogP contribution in [0.25, 0.3) is 0 Å². The van der Waals surface area contributed by atoms with Gasteiger partial charge in [0.15, 0.2) is 0 Å². The molecule has 1 aromatic carbocycles. The van der Waals surface area contributed by atoms with Crippen molar-refractivity contribution in [3.63, 3.8) is 0 Å². The fourth-order valence-electron chi connectivity index (χ4n) is 5.10. The van der Waals surface area contributed by atoms with E-state index in [9.17, 15) is 9.59 Å². The first-order chi connectivity index (χ1) is 15.5. The highest BCUT2D eigenvalue weighted by atomic mass is 32.1. The predicted molar refractivity (Wildman–Crippen MR) is 134 cm³/mol. The number of nitrogens with zero attached hydrogens (tertiary/aromatic N) is 1. The molecule has 6 heteroatoms. The average Bonchev–Trinajstić information content (AvgIpc) is 3.08. The zero-order chi connectivity index (χ0) is 23.9. The van der Waals surface area contributed by atoms with Crippen LogP contribution in [0.2, 0.25) is 0 Å². The van der Waals surface area contributed by atoms with Crippen LogP contribution in [-0.2, 0) is 17.6 Å². The largest absolute Gasteiger partial charge is 0.372 e. The number of morpholine rings is 1. The van der Waals surface area contributed by atoms with Gasteiger partial charge in [0.05, 0.1) is 17.8 Å². The second kappa shape index (κ2) is 9.22. The smallest absolute Gasteiger partial charge is 0.257 e. The Hall–Kier alpha value is -2.18. The summed E-state index contributed by atoms with van der Waals surface area (Å²) < 4.78 is 5.85. The van der Waals surface area contributed by atoms with E-state index in [-0.39, 0.29) is 29.4 Å². The van der Waals surface area contributed by atoms with E-state index in [2.05, 4.69) is 26.1 Å². The summed E-state index contributed by atoms with van der Waals surface area (Å²) in [6, 6.07) is 7.56. The van der Waals surface area contributed by atoms with Crippen LogP contribution in [0.3, 0.4) is 0 Å². The zero-order valence-corrected chi connectivity index (χ0v) is 21.5. The molecule has 0 radical (unpaired) electrons. The van der Waals surface area contributed by atoms with Crippen LogP contribution in [0.1, 0.15) is 77.8 Å². The van der Waals surface area contributed by atoms with E-state index >= 15 is 0 Å². The third kappa shape index (κ3) is 5.17. The highest BCUT2D eigenvalue weighted by Gasteiger charge is 2.36. The Bertz CT molecular complexity index is 1040. The molecule has 0 saturated carbocycles. The summed E-state index contributed by atoms with van der Waals surface area (Å²) >= 11 is 1.59. The summed E-state index contributed by atoms with van der Waals surface area (Å²) in [5, 5.41) is 3.80. The summed E-state index contributed by atoms with van der Waals surface area (Å²) in [6.45, 7) is 14.0. The minimum Gasteiger partial charge on any atom is -0.372 e. The zero-order valence-electron chi connectivity index (χ0n) is 20.7. The van der Waals surface area contributed by atoms with Gasteiger partial charge in [-0.1, -0.05) is 38.5 Å². The van der Waals surface area contributed by atoms with Gasteiger partial charge in [-0.05, 0) is 69.1 Å². The quantitative estimate of drug-likeness (QED) is 0.628. The number of carbonyl (C=O) groups is 2. The van der Waals surface area contributed by atoms with E-state index in [4.69, 9.17) is 4.74 Å². The van der Waals surface area contributed by atoms with Crippen LogP contribution in [-0.4, -0.2) is 42.0 Å². The second-order valence-electron chi connectivity index (χ2n) is 10.8. The van der Waals surface area contributed by atoms with Crippen molar-refractivity contribution in [2.75, 3.05) is 18.4 Å². The highest BCUT2D eigenvalue weighted by Crippen LogP contribution is 2.45. The lowest BCUT2D eigenvalue weighted by Gasteiger charge is -2.36. The molecule has 1 aliphatic heterocycles. The van der Waals surface area contributed by atoms with Crippen molar-refractivity contribution in [3.8, 4) is 0 Å². The fraction of sp³-hybridized carbons (Fsp3) is 0.556. The van der Waals surface area contributed by atoms with Crippen molar-refractivity contribution >= 4 is 28.2 Å². The average molecular weight is 469 g/mol. The van der Waals surface area contributed by atoms with Crippen molar-refractivity contribution in [1.29, 1.82) is 0 Å². The maximum atomic E-state index is 13.8. The van der Waals surface area contributed by atoms with Gasteiger partial charge < -0.3 is 15.0 Å². The third-order valence-corrected chi connectivity index (χ3v) is 8.09. The molecule has 0 unspecified atom stereocenters. The maximum absolute atomic E-state index is 13.8. The van der Waals surface area contributed by atoms with Gasteiger partial charge in [0, 0.05) is 23.5 Å². The highest BCUT2D eigenvalue weighted by molar-refractivity contribution is 7.17. The van der Waals surface area contributed by atoms with Crippen LogP contribution in [0.5, 0.6) is 0 Å². The van der Waals surface area contributed by atoms with Gasteiger partial charge in [-0.3, -0.25) is 9.59 Å². The summed E-state index contributed by atoms with van der Waals surface area (Å²) in [4.78, 5) is 30.1. The number of fused-ring (bicyclic) bond motifs is 1.